The predicted octanol–water partition coefficient (Wildman–Crippen LogP) is 3.38. The number of rotatable bonds is 6. The van der Waals surface area contributed by atoms with Crippen LogP contribution in [0.25, 0.3) is 0 Å². The van der Waals surface area contributed by atoms with Crippen LogP contribution in [0.5, 0.6) is 11.5 Å². The summed E-state index contributed by atoms with van der Waals surface area (Å²) < 4.78 is 11.2. The van der Waals surface area contributed by atoms with Crippen molar-refractivity contribution in [3.8, 4) is 11.5 Å². The van der Waals surface area contributed by atoms with Gasteiger partial charge in [0.05, 0.1) is 13.7 Å². The Morgan fingerprint density at radius 1 is 1.17 bits per heavy atom. The molecule has 0 spiro atoms. The van der Waals surface area contributed by atoms with Crippen molar-refractivity contribution < 1.29 is 9.47 Å². The molecule has 1 atom stereocenters. The Morgan fingerprint density at radius 3 is 2.87 bits per heavy atom. The summed E-state index contributed by atoms with van der Waals surface area (Å²) in [6, 6.07) is 12.2. The molecule has 1 unspecified atom stereocenters. The van der Waals surface area contributed by atoms with Gasteiger partial charge in [0.2, 0.25) is 0 Å². The van der Waals surface area contributed by atoms with Crippen molar-refractivity contribution in [2.45, 2.75) is 19.4 Å². The summed E-state index contributed by atoms with van der Waals surface area (Å²) in [7, 11) is 1.71. The van der Waals surface area contributed by atoms with E-state index in [4.69, 9.17) is 9.47 Å². The molecule has 0 N–H and O–H groups in total. The summed E-state index contributed by atoms with van der Waals surface area (Å²) in [4.78, 5) is 6.53. The van der Waals surface area contributed by atoms with Crippen LogP contribution >= 0.6 is 0 Å². The number of pyridine rings is 1. The number of methoxy groups -OCH3 is 1. The largest absolute Gasteiger partial charge is 0.497 e. The molecule has 0 bridgehead atoms. The van der Waals surface area contributed by atoms with Gasteiger partial charge in [-0.2, -0.15) is 0 Å². The van der Waals surface area contributed by atoms with Crippen molar-refractivity contribution in [1.29, 1.82) is 0 Å². The van der Waals surface area contributed by atoms with Gasteiger partial charge in [-0.1, -0.05) is 12.1 Å². The smallest absolute Gasteiger partial charge is 0.122 e. The first-order valence-electron chi connectivity index (χ1n) is 8.21. The van der Waals surface area contributed by atoms with Gasteiger partial charge in [0.1, 0.15) is 11.5 Å². The minimum absolute atomic E-state index is 0.586. The highest BCUT2D eigenvalue weighted by molar-refractivity contribution is 5.28. The topological polar surface area (TPSA) is 34.6 Å². The van der Waals surface area contributed by atoms with E-state index in [2.05, 4.69) is 28.1 Å². The van der Waals surface area contributed by atoms with E-state index in [0.717, 1.165) is 37.7 Å². The summed E-state index contributed by atoms with van der Waals surface area (Å²) in [5.41, 5.74) is 1.31. The summed E-state index contributed by atoms with van der Waals surface area (Å²) in [6.45, 7) is 3.99. The van der Waals surface area contributed by atoms with Crippen LogP contribution in [0.2, 0.25) is 0 Å². The Hall–Kier alpha value is -2.07. The highest BCUT2D eigenvalue weighted by atomic mass is 16.5. The number of benzene rings is 1. The summed E-state index contributed by atoms with van der Waals surface area (Å²) >= 11 is 0. The molecule has 1 aliphatic heterocycles. The maximum absolute atomic E-state index is 5.89. The fourth-order valence-corrected chi connectivity index (χ4v) is 3.11. The van der Waals surface area contributed by atoms with E-state index < -0.39 is 0 Å². The molecule has 4 heteroatoms. The zero-order valence-corrected chi connectivity index (χ0v) is 13.6. The molecule has 122 valence electrons. The van der Waals surface area contributed by atoms with Crippen LogP contribution in [-0.2, 0) is 6.54 Å². The Labute approximate surface area is 138 Å². The molecule has 0 aliphatic carbocycles. The lowest BCUT2D eigenvalue weighted by Gasteiger charge is -2.32. The normalized spacial score (nSPS) is 18.6. The number of piperidine rings is 1. The molecule has 2 aromatic rings. The van der Waals surface area contributed by atoms with Crippen molar-refractivity contribution in [3.63, 3.8) is 0 Å². The second-order valence-corrected chi connectivity index (χ2v) is 6.09. The van der Waals surface area contributed by atoms with Gasteiger partial charge in [-0.3, -0.25) is 9.88 Å². The molecule has 1 saturated heterocycles. The number of hydrogen-bond donors (Lipinski definition) is 0. The van der Waals surface area contributed by atoms with E-state index in [1.807, 2.05) is 18.2 Å². The van der Waals surface area contributed by atoms with E-state index in [9.17, 15) is 0 Å². The summed E-state index contributed by atoms with van der Waals surface area (Å²) in [6.07, 6.45) is 6.00. The molecule has 0 saturated carbocycles. The molecular weight excluding hydrogens is 288 g/mol. The molecule has 2 heterocycles. The molecule has 1 aromatic carbocycles. The Kier molecular flexibility index (Phi) is 5.48. The molecule has 0 radical (unpaired) electrons. The zero-order chi connectivity index (χ0) is 15.9. The number of nitrogens with zero attached hydrogens (tertiary/aromatic N) is 2. The van der Waals surface area contributed by atoms with Gasteiger partial charge < -0.3 is 9.47 Å². The second kappa shape index (κ2) is 7.97. The molecule has 1 aliphatic rings. The van der Waals surface area contributed by atoms with Crippen LogP contribution < -0.4 is 9.47 Å². The number of ether oxygens (including phenoxy) is 2. The summed E-state index contributed by atoms with van der Waals surface area (Å²) in [5.74, 6) is 2.42. The second-order valence-electron chi connectivity index (χ2n) is 6.09. The minimum atomic E-state index is 0.586. The molecule has 0 amide bonds. The number of likely N-dealkylation sites (tertiary alicyclic amines) is 1. The van der Waals surface area contributed by atoms with Gasteiger partial charge in [-0.05, 0) is 49.2 Å². The maximum Gasteiger partial charge on any atom is 0.122 e. The molecule has 3 rings (SSSR count). The van der Waals surface area contributed by atoms with E-state index in [1.54, 1.807) is 19.5 Å². The third kappa shape index (κ3) is 4.70. The van der Waals surface area contributed by atoms with Crippen molar-refractivity contribution in [3.05, 3.63) is 54.4 Å². The van der Waals surface area contributed by atoms with Crippen molar-refractivity contribution in [1.82, 2.24) is 9.88 Å². The molecule has 1 aromatic heterocycles. The lowest BCUT2D eigenvalue weighted by Crippen LogP contribution is -2.37. The fraction of sp³-hybridized carbons (Fsp3) is 0.421. The lowest BCUT2D eigenvalue weighted by atomic mass is 9.98. The minimum Gasteiger partial charge on any atom is -0.497 e. The monoisotopic (exact) mass is 312 g/mol. The highest BCUT2D eigenvalue weighted by Gasteiger charge is 2.20. The highest BCUT2D eigenvalue weighted by Crippen LogP contribution is 2.21. The molecule has 4 nitrogen and oxygen atoms in total. The Morgan fingerprint density at radius 2 is 2.04 bits per heavy atom. The first kappa shape index (κ1) is 15.8. The Balaban J connectivity index is 1.51. The van der Waals surface area contributed by atoms with Crippen LogP contribution in [0.3, 0.4) is 0 Å². The third-order valence-electron chi connectivity index (χ3n) is 4.28. The average molecular weight is 312 g/mol. The van der Waals surface area contributed by atoms with E-state index >= 15 is 0 Å². The first-order valence-corrected chi connectivity index (χ1v) is 8.21. The van der Waals surface area contributed by atoms with Crippen LogP contribution in [-0.4, -0.2) is 36.7 Å². The molecule has 23 heavy (non-hydrogen) atoms. The SMILES string of the molecule is COc1cccc(CN2CCCC(COc3ccncc3)C2)c1. The van der Waals surface area contributed by atoms with Gasteiger partial charge in [-0.15, -0.1) is 0 Å². The van der Waals surface area contributed by atoms with Crippen molar-refractivity contribution in [2.75, 3.05) is 26.8 Å². The standard InChI is InChI=1S/C19H24N2O2/c1-22-19-6-2-4-16(12-19)13-21-11-3-5-17(14-21)15-23-18-7-9-20-10-8-18/h2,4,6-10,12,17H,3,5,11,13-15H2,1H3. The number of hydrogen-bond acceptors (Lipinski definition) is 4. The zero-order valence-electron chi connectivity index (χ0n) is 13.6. The fourth-order valence-electron chi connectivity index (χ4n) is 3.11. The lowest BCUT2D eigenvalue weighted by molar-refractivity contribution is 0.125. The Bertz CT molecular complexity index is 603. The van der Waals surface area contributed by atoms with Crippen LogP contribution in [0.1, 0.15) is 18.4 Å². The van der Waals surface area contributed by atoms with E-state index in [0.29, 0.717) is 5.92 Å². The quantitative estimate of drug-likeness (QED) is 0.819. The van der Waals surface area contributed by atoms with E-state index in [-0.39, 0.29) is 0 Å². The van der Waals surface area contributed by atoms with Crippen molar-refractivity contribution >= 4 is 0 Å². The molecule has 1 fully saturated rings. The third-order valence-corrected chi connectivity index (χ3v) is 4.28. The van der Waals surface area contributed by atoms with Gasteiger partial charge in [0, 0.05) is 31.4 Å². The summed E-state index contributed by atoms with van der Waals surface area (Å²) in [5, 5.41) is 0. The maximum atomic E-state index is 5.89. The number of aromatic nitrogens is 1. The van der Waals surface area contributed by atoms with Gasteiger partial charge in [0.15, 0.2) is 0 Å². The van der Waals surface area contributed by atoms with Crippen molar-refractivity contribution in [2.24, 2.45) is 5.92 Å². The van der Waals surface area contributed by atoms with Gasteiger partial charge in [-0.25, -0.2) is 0 Å². The van der Waals surface area contributed by atoms with E-state index in [1.165, 1.54) is 18.4 Å². The van der Waals surface area contributed by atoms with Crippen LogP contribution in [0, 0.1) is 5.92 Å². The van der Waals surface area contributed by atoms with Crippen LogP contribution in [0.4, 0.5) is 0 Å². The predicted molar refractivity (Wildman–Crippen MR) is 90.7 cm³/mol. The molecular formula is C19H24N2O2. The first-order chi connectivity index (χ1) is 11.3. The van der Waals surface area contributed by atoms with Crippen LogP contribution in [0.15, 0.2) is 48.8 Å². The van der Waals surface area contributed by atoms with Gasteiger partial charge >= 0.3 is 0 Å². The average Bonchev–Trinajstić information content (AvgIpc) is 2.61. The van der Waals surface area contributed by atoms with Gasteiger partial charge in [0.25, 0.3) is 0 Å².